The number of nitrogens with zero attached hydrogens (tertiary/aromatic N) is 1. The first-order chi connectivity index (χ1) is 10.5. The van der Waals surface area contributed by atoms with Crippen molar-refractivity contribution in [2.75, 3.05) is 11.9 Å². The molecule has 0 aliphatic carbocycles. The van der Waals surface area contributed by atoms with Crippen LogP contribution in [0.3, 0.4) is 0 Å². The van der Waals surface area contributed by atoms with Crippen molar-refractivity contribution in [3.8, 4) is 11.4 Å². The number of aromatic amines is 1. The standard InChI is InChI=1S/C17H23N3O2/c1-11(2)10-22-13(4)17(21)20-15-7-5-14(6-8-15)16-18-9-12(3)19-16/h5-9,11,13H,10H2,1-4H3,(H,18,19)(H,20,21). The van der Waals surface area contributed by atoms with Gasteiger partial charge in [0.1, 0.15) is 11.9 Å². The van der Waals surface area contributed by atoms with E-state index in [0.29, 0.717) is 12.5 Å². The summed E-state index contributed by atoms with van der Waals surface area (Å²) in [6.45, 7) is 8.41. The molecule has 22 heavy (non-hydrogen) atoms. The third-order valence-corrected chi connectivity index (χ3v) is 3.18. The van der Waals surface area contributed by atoms with Crippen LogP contribution in [-0.4, -0.2) is 28.6 Å². The summed E-state index contributed by atoms with van der Waals surface area (Å²) in [5.41, 5.74) is 2.75. The number of hydrogen-bond acceptors (Lipinski definition) is 3. The Kier molecular flexibility index (Phi) is 5.33. The van der Waals surface area contributed by atoms with E-state index in [1.807, 2.05) is 31.2 Å². The van der Waals surface area contributed by atoms with Crippen molar-refractivity contribution in [2.24, 2.45) is 5.92 Å². The number of ether oxygens (including phenoxy) is 1. The number of benzene rings is 1. The minimum absolute atomic E-state index is 0.137. The smallest absolute Gasteiger partial charge is 0.253 e. The van der Waals surface area contributed by atoms with Crippen LogP contribution < -0.4 is 5.32 Å². The van der Waals surface area contributed by atoms with Crippen LogP contribution in [-0.2, 0) is 9.53 Å². The quantitative estimate of drug-likeness (QED) is 0.859. The van der Waals surface area contributed by atoms with E-state index in [2.05, 4.69) is 29.1 Å². The molecule has 1 atom stereocenters. The van der Waals surface area contributed by atoms with Gasteiger partial charge in [0.25, 0.3) is 5.91 Å². The van der Waals surface area contributed by atoms with Crippen molar-refractivity contribution < 1.29 is 9.53 Å². The molecule has 5 nitrogen and oxygen atoms in total. The van der Waals surface area contributed by atoms with Gasteiger partial charge in [0.2, 0.25) is 0 Å². The number of carbonyl (C=O) groups is 1. The molecule has 2 N–H and O–H groups in total. The maximum Gasteiger partial charge on any atom is 0.253 e. The van der Waals surface area contributed by atoms with Crippen molar-refractivity contribution in [3.05, 3.63) is 36.2 Å². The normalized spacial score (nSPS) is 12.4. The fourth-order valence-electron chi connectivity index (χ4n) is 1.93. The lowest BCUT2D eigenvalue weighted by Crippen LogP contribution is -2.28. The molecule has 1 aromatic carbocycles. The average Bonchev–Trinajstić information content (AvgIpc) is 2.92. The molecule has 2 rings (SSSR count). The number of H-pyrrole nitrogens is 1. The summed E-state index contributed by atoms with van der Waals surface area (Å²) in [4.78, 5) is 19.5. The highest BCUT2D eigenvalue weighted by Gasteiger charge is 2.14. The maximum absolute atomic E-state index is 12.0. The summed E-state index contributed by atoms with van der Waals surface area (Å²) in [6.07, 6.45) is 1.33. The van der Waals surface area contributed by atoms with Crippen molar-refractivity contribution in [1.82, 2.24) is 9.97 Å². The van der Waals surface area contributed by atoms with Gasteiger partial charge in [0, 0.05) is 29.7 Å². The highest BCUT2D eigenvalue weighted by atomic mass is 16.5. The summed E-state index contributed by atoms with van der Waals surface area (Å²) in [6, 6.07) is 7.57. The number of nitrogens with one attached hydrogen (secondary N) is 2. The van der Waals surface area contributed by atoms with Crippen LogP contribution in [0.2, 0.25) is 0 Å². The third kappa shape index (κ3) is 4.43. The Morgan fingerprint density at radius 2 is 1.95 bits per heavy atom. The predicted octanol–water partition coefficient (Wildman–Crippen LogP) is 3.38. The number of imidazole rings is 1. The van der Waals surface area contributed by atoms with E-state index in [9.17, 15) is 4.79 Å². The van der Waals surface area contributed by atoms with E-state index in [1.54, 1.807) is 13.1 Å². The van der Waals surface area contributed by atoms with Gasteiger partial charge in [-0.3, -0.25) is 4.79 Å². The zero-order valence-electron chi connectivity index (χ0n) is 13.5. The third-order valence-electron chi connectivity index (χ3n) is 3.18. The van der Waals surface area contributed by atoms with Crippen LogP contribution in [0.15, 0.2) is 30.5 Å². The molecule has 2 aromatic rings. The largest absolute Gasteiger partial charge is 0.368 e. The molecule has 1 heterocycles. The fourth-order valence-corrected chi connectivity index (χ4v) is 1.93. The van der Waals surface area contributed by atoms with Gasteiger partial charge >= 0.3 is 0 Å². The summed E-state index contributed by atoms with van der Waals surface area (Å²) in [7, 11) is 0. The van der Waals surface area contributed by atoms with E-state index in [4.69, 9.17) is 4.74 Å². The van der Waals surface area contributed by atoms with E-state index in [0.717, 1.165) is 22.8 Å². The van der Waals surface area contributed by atoms with Gasteiger partial charge in [0.05, 0.1) is 0 Å². The SMILES string of the molecule is Cc1cnc(-c2ccc(NC(=O)C(C)OCC(C)C)cc2)[nH]1. The molecule has 0 radical (unpaired) electrons. The first-order valence-corrected chi connectivity index (χ1v) is 7.50. The molecular formula is C17H23N3O2. The van der Waals surface area contributed by atoms with E-state index >= 15 is 0 Å². The summed E-state index contributed by atoms with van der Waals surface area (Å²) >= 11 is 0. The lowest BCUT2D eigenvalue weighted by Gasteiger charge is -2.14. The number of amides is 1. The van der Waals surface area contributed by atoms with Crippen LogP contribution in [0, 0.1) is 12.8 Å². The molecule has 0 bridgehead atoms. The second-order valence-corrected chi connectivity index (χ2v) is 5.85. The summed E-state index contributed by atoms with van der Waals surface area (Å²) in [5.74, 6) is 1.09. The Morgan fingerprint density at radius 3 is 2.50 bits per heavy atom. The molecular weight excluding hydrogens is 278 g/mol. The predicted molar refractivity (Wildman–Crippen MR) is 87.6 cm³/mol. The van der Waals surface area contributed by atoms with Gasteiger partial charge in [-0.15, -0.1) is 0 Å². The Bertz CT molecular complexity index is 617. The molecule has 1 aromatic heterocycles. The van der Waals surface area contributed by atoms with Gasteiger partial charge in [-0.05, 0) is 44.0 Å². The monoisotopic (exact) mass is 301 g/mol. The average molecular weight is 301 g/mol. The zero-order valence-corrected chi connectivity index (χ0v) is 13.5. The van der Waals surface area contributed by atoms with E-state index < -0.39 is 6.10 Å². The Morgan fingerprint density at radius 1 is 1.27 bits per heavy atom. The molecule has 0 spiro atoms. The van der Waals surface area contributed by atoms with Crippen LogP contribution >= 0.6 is 0 Å². The second kappa shape index (κ2) is 7.22. The van der Waals surface area contributed by atoms with Crippen LogP contribution in [0.25, 0.3) is 11.4 Å². The number of rotatable bonds is 6. The molecule has 5 heteroatoms. The second-order valence-electron chi connectivity index (χ2n) is 5.85. The minimum Gasteiger partial charge on any atom is -0.368 e. The van der Waals surface area contributed by atoms with Crippen molar-refractivity contribution in [2.45, 2.75) is 33.8 Å². The molecule has 118 valence electrons. The van der Waals surface area contributed by atoms with Gasteiger partial charge in [-0.25, -0.2) is 4.98 Å². The lowest BCUT2D eigenvalue weighted by atomic mass is 10.2. The maximum atomic E-state index is 12.0. The highest BCUT2D eigenvalue weighted by Crippen LogP contribution is 2.18. The number of hydrogen-bond donors (Lipinski definition) is 2. The van der Waals surface area contributed by atoms with Crippen molar-refractivity contribution in [3.63, 3.8) is 0 Å². The number of aryl methyl sites for hydroxylation is 1. The molecule has 0 saturated carbocycles. The van der Waals surface area contributed by atoms with Crippen molar-refractivity contribution in [1.29, 1.82) is 0 Å². The molecule has 0 fully saturated rings. The number of anilines is 1. The summed E-state index contributed by atoms with van der Waals surface area (Å²) in [5, 5.41) is 2.85. The first kappa shape index (κ1) is 16.2. The van der Waals surface area contributed by atoms with E-state index in [1.165, 1.54) is 0 Å². The van der Waals surface area contributed by atoms with Crippen molar-refractivity contribution >= 4 is 11.6 Å². The molecule has 0 aliphatic rings. The van der Waals surface area contributed by atoms with Gasteiger partial charge in [-0.1, -0.05) is 13.8 Å². The molecule has 1 amide bonds. The lowest BCUT2D eigenvalue weighted by molar-refractivity contribution is -0.126. The van der Waals surface area contributed by atoms with Crippen LogP contribution in [0.4, 0.5) is 5.69 Å². The number of aromatic nitrogens is 2. The minimum atomic E-state index is -0.463. The summed E-state index contributed by atoms with van der Waals surface area (Å²) < 4.78 is 5.51. The van der Waals surface area contributed by atoms with Crippen LogP contribution in [0.5, 0.6) is 0 Å². The topological polar surface area (TPSA) is 67.0 Å². The fraction of sp³-hybridized carbons (Fsp3) is 0.412. The molecule has 0 saturated heterocycles. The Labute approximate surface area is 131 Å². The Balaban J connectivity index is 1.95. The molecule has 0 aliphatic heterocycles. The van der Waals surface area contributed by atoms with E-state index in [-0.39, 0.29) is 5.91 Å². The number of carbonyl (C=O) groups excluding carboxylic acids is 1. The van der Waals surface area contributed by atoms with Gasteiger partial charge < -0.3 is 15.0 Å². The van der Waals surface area contributed by atoms with Gasteiger partial charge in [0.15, 0.2) is 0 Å². The van der Waals surface area contributed by atoms with Crippen LogP contribution in [0.1, 0.15) is 26.5 Å². The zero-order chi connectivity index (χ0) is 16.1. The molecule has 1 unspecified atom stereocenters. The Hall–Kier alpha value is -2.14. The highest BCUT2D eigenvalue weighted by molar-refractivity contribution is 5.94. The van der Waals surface area contributed by atoms with Gasteiger partial charge in [-0.2, -0.15) is 0 Å². The first-order valence-electron chi connectivity index (χ1n) is 7.50.